The standard InChI is InChI=1S/C18H25N5O2/c1-13-20-16(18(24)19-9-6-10-23(2)3)12-17(21-13)22-14-7-5-8-15(11-14)25-4/h5,7-8,11-12H,6,9-10H2,1-4H3,(H,19,24)(H,20,21,22). The van der Waals surface area contributed by atoms with E-state index in [-0.39, 0.29) is 5.91 Å². The van der Waals surface area contributed by atoms with Crippen molar-refractivity contribution < 1.29 is 9.53 Å². The van der Waals surface area contributed by atoms with Gasteiger partial charge in [0.15, 0.2) is 0 Å². The summed E-state index contributed by atoms with van der Waals surface area (Å²) in [5.74, 6) is 1.65. The van der Waals surface area contributed by atoms with Crippen LogP contribution in [0, 0.1) is 6.92 Å². The number of rotatable bonds is 8. The Balaban J connectivity index is 2.04. The number of aromatic nitrogens is 2. The molecule has 25 heavy (non-hydrogen) atoms. The lowest BCUT2D eigenvalue weighted by Gasteiger charge is -2.11. The summed E-state index contributed by atoms with van der Waals surface area (Å²) in [5, 5.41) is 6.07. The smallest absolute Gasteiger partial charge is 0.270 e. The van der Waals surface area contributed by atoms with Crippen LogP contribution >= 0.6 is 0 Å². The second kappa shape index (κ2) is 8.98. The molecule has 7 heteroatoms. The van der Waals surface area contributed by atoms with E-state index in [0.29, 0.717) is 23.9 Å². The van der Waals surface area contributed by atoms with Crippen LogP contribution in [0.5, 0.6) is 5.75 Å². The van der Waals surface area contributed by atoms with Crippen molar-refractivity contribution in [1.82, 2.24) is 20.2 Å². The number of hydrogen-bond donors (Lipinski definition) is 2. The van der Waals surface area contributed by atoms with Crippen LogP contribution in [0.2, 0.25) is 0 Å². The first-order valence-electron chi connectivity index (χ1n) is 8.17. The Kier molecular flexibility index (Phi) is 6.71. The van der Waals surface area contributed by atoms with Crippen LogP contribution in [0.25, 0.3) is 0 Å². The molecule has 1 amide bonds. The van der Waals surface area contributed by atoms with Gasteiger partial charge in [-0.15, -0.1) is 0 Å². The first kappa shape index (κ1) is 18.7. The number of amides is 1. The van der Waals surface area contributed by atoms with Crippen LogP contribution in [-0.4, -0.2) is 55.1 Å². The van der Waals surface area contributed by atoms with Gasteiger partial charge in [0.1, 0.15) is 23.1 Å². The summed E-state index contributed by atoms with van der Waals surface area (Å²) in [6.07, 6.45) is 0.887. The number of benzene rings is 1. The third-order valence-electron chi connectivity index (χ3n) is 3.48. The fourth-order valence-corrected chi connectivity index (χ4v) is 2.28. The molecule has 1 heterocycles. The van der Waals surface area contributed by atoms with Gasteiger partial charge in [-0.3, -0.25) is 4.79 Å². The summed E-state index contributed by atoms with van der Waals surface area (Å²) in [7, 11) is 5.63. The molecule has 1 aromatic heterocycles. The summed E-state index contributed by atoms with van der Waals surface area (Å²) in [5.41, 5.74) is 1.18. The van der Waals surface area contributed by atoms with Crippen LogP contribution in [0.1, 0.15) is 22.7 Å². The van der Waals surface area contributed by atoms with Gasteiger partial charge in [-0.1, -0.05) is 6.07 Å². The molecule has 0 bridgehead atoms. The SMILES string of the molecule is COc1cccc(Nc2cc(C(=O)NCCCN(C)C)nc(C)n2)c1. The van der Waals surface area contributed by atoms with Gasteiger partial charge in [-0.05, 0) is 46.1 Å². The number of methoxy groups -OCH3 is 1. The summed E-state index contributed by atoms with van der Waals surface area (Å²) in [6.45, 7) is 3.30. The number of nitrogens with one attached hydrogen (secondary N) is 2. The van der Waals surface area contributed by atoms with E-state index in [0.717, 1.165) is 24.4 Å². The maximum Gasteiger partial charge on any atom is 0.270 e. The van der Waals surface area contributed by atoms with Crippen LogP contribution in [0.3, 0.4) is 0 Å². The number of carbonyl (C=O) groups excluding carboxylic acids is 1. The minimum Gasteiger partial charge on any atom is -0.497 e. The minimum atomic E-state index is -0.196. The number of anilines is 2. The molecule has 0 saturated heterocycles. The van der Waals surface area contributed by atoms with Gasteiger partial charge in [0.25, 0.3) is 5.91 Å². The van der Waals surface area contributed by atoms with E-state index in [1.54, 1.807) is 20.1 Å². The number of aryl methyl sites for hydroxylation is 1. The van der Waals surface area contributed by atoms with E-state index in [1.165, 1.54) is 0 Å². The second-order valence-corrected chi connectivity index (χ2v) is 5.96. The Labute approximate surface area is 148 Å². The van der Waals surface area contributed by atoms with Crippen molar-refractivity contribution >= 4 is 17.4 Å². The average molecular weight is 343 g/mol. The highest BCUT2D eigenvalue weighted by atomic mass is 16.5. The zero-order chi connectivity index (χ0) is 18.2. The predicted octanol–water partition coefficient (Wildman–Crippen LogP) is 2.22. The fourth-order valence-electron chi connectivity index (χ4n) is 2.28. The maximum absolute atomic E-state index is 12.3. The minimum absolute atomic E-state index is 0.196. The van der Waals surface area contributed by atoms with E-state index in [2.05, 4.69) is 25.5 Å². The third-order valence-corrected chi connectivity index (χ3v) is 3.48. The number of ether oxygens (including phenoxy) is 1. The molecule has 0 aliphatic heterocycles. The Morgan fingerprint density at radius 3 is 2.76 bits per heavy atom. The Hall–Kier alpha value is -2.67. The quantitative estimate of drug-likeness (QED) is 0.716. The second-order valence-electron chi connectivity index (χ2n) is 5.96. The van der Waals surface area contributed by atoms with Crippen LogP contribution in [-0.2, 0) is 0 Å². The van der Waals surface area contributed by atoms with Gasteiger partial charge in [0, 0.05) is 24.4 Å². The van der Waals surface area contributed by atoms with Crippen molar-refractivity contribution in [1.29, 1.82) is 0 Å². The first-order chi connectivity index (χ1) is 12.0. The topological polar surface area (TPSA) is 79.4 Å². The van der Waals surface area contributed by atoms with Crippen molar-refractivity contribution in [2.24, 2.45) is 0 Å². The lowest BCUT2D eigenvalue weighted by molar-refractivity contribution is 0.0947. The van der Waals surface area contributed by atoms with Crippen molar-refractivity contribution in [2.75, 3.05) is 39.6 Å². The molecule has 2 aromatic rings. The molecule has 0 spiro atoms. The summed E-state index contributed by atoms with van der Waals surface area (Å²) in [6, 6.07) is 9.16. The molecule has 0 saturated carbocycles. The molecule has 0 aliphatic rings. The summed E-state index contributed by atoms with van der Waals surface area (Å²) in [4.78, 5) is 22.9. The molecule has 2 N–H and O–H groups in total. The number of carbonyl (C=O) groups is 1. The predicted molar refractivity (Wildman–Crippen MR) is 98.5 cm³/mol. The Bertz CT molecular complexity index is 718. The van der Waals surface area contributed by atoms with E-state index in [1.807, 2.05) is 38.4 Å². The molecule has 0 aliphatic carbocycles. The molecule has 0 atom stereocenters. The van der Waals surface area contributed by atoms with Crippen molar-refractivity contribution in [2.45, 2.75) is 13.3 Å². The first-order valence-corrected chi connectivity index (χ1v) is 8.17. The molecule has 0 radical (unpaired) electrons. The molecule has 1 aromatic carbocycles. The van der Waals surface area contributed by atoms with Gasteiger partial charge < -0.3 is 20.3 Å². The lowest BCUT2D eigenvalue weighted by atomic mass is 10.3. The van der Waals surface area contributed by atoms with Crippen LogP contribution in [0.4, 0.5) is 11.5 Å². The van der Waals surface area contributed by atoms with Gasteiger partial charge >= 0.3 is 0 Å². The number of hydrogen-bond acceptors (Lipinski definition) is 6. The van der Waals surface area contributed by atoms with E-state index >= 15 is 0 Å². The van der Waals surface area contributed by atoms with Gasteiger partial charge in [-0.2, -0.15) is 0 Å². The maximum atomic E-state index is 12.3. The Morgan fingerprint density at radius 1 is 1.24 bits per heavy atom. The monoisotopic (exact) mass is 343 g/mol. The van der Waals surface area contributed by atoms with Crippen molar-refractivity contribution in [3.8, 4) is 5.75 Å². The highest BCUT2D eigenvalue weighted by molar-refractivity contribution is 5.93. The van der Waals surface area contributed by atoms with E-state index < -0.39 is 0 Å². The molecular weight excluding hydrogens is 318 g/mol. The molecule has 0 unspecified atom stereocenters. The third kappa shape index (κ3) is 6.04. The van der Waals surface area contributed by atoms with E-state index in [4.69, 9.17) is 4.74 Å². The fraction of sp³-hybridized carbons (Fsp3) is 0.389. The zero-order valence-corrected chi connectivity index (χ0v) is 15.2. The van der Waals surface area contributed by atoms with Gasteiger partial charge in [0.05, 0.1) is 7.11 Å². The highest BCUT2D eigenvalue weighted by Crippen LogP contribution is 2.20. The molecule has 134 valence electrons. The van der Waals surface area contributed by atoms with Gasteiger partial charge in [-0.25, -0.2) is 9.97 Å². The molecule has 0 fully saturated rings. The zero-order valence-electron chi connectivity index (χ0n) is 15.2. The van der Waals surface area contributed by atoms with Crippen molar-refractivity contribution in [3.63, 3.8) is 0 Å². The van der Waals surface area contributed by atoms with E-state index in [9.17, 15) is 4.79 Å². The normalized spacial score (nSPS) is 10.6. The molecule has 7 nitrogen and oxygen atoms in total. The number of nitrogens with zero attached hydrogens (tertiary/aromatic N) is 3. The summed E-state index contributed by atoms with van der Waals surface area (Å²) >= 11 is 0. The largest absolute Gasteiger partial charge is 0.497 e. The highest BCUT2D eigenvalue weighted by Gasteiger charge is 2.10. The lowest BCUT2D eigenvalue weighted by Crippen LogP contribution is -2.28. The van der Waals surface area contributed by atoms with Crippen LogP contribution in [0.15, 0.2) is 30.3 Å². The van der Waals surface area contributed by atoms with Crippen LogP contribution < -0.4 is 15.4 Å². The summed E-state index contributed by atoms with van der Waals surface area (Å²) < 4.78 is 5.21. The molecular formula is C18H25N5O2. The average Bonchev–Trinajstić information content (AvgIpc) is 2.58. The Morgan fingerprint density at radius 2 is 2.04 bits per heavy atom. The van der Waals surface area contributed by atoms with Crippen molar-refractivity contribution in [3.05, 3.63) is 41.9 Å². The molecule has 2 rings (SSSR count). The van der Waals surface area contributed by atoms with Gasteiger partial charge in [0.2, 0.25) is 0 Å².